The van der Waals surface area contributed by atoms with Gasteiger partial charge in [-0.3, -0.25) is 0 Å². The van der Waals surface area contributed by atoms with Crippen molar-refractivity contribution in [1.29, 1.82) is 0 Å². The molecule has 1 nitrogen and oxygen atoms in total. The Morgan fingerprint density at radius 2 is 1.93 bits per heavy atom. The molecule has 0 bridgehead atoms. The molecule has 0 spiro atoms. The third-order valence-electron chi connectivity index (χ3n) is 2.34. The van der Waals surface area contributed by atoms with Gasteiger partial charge in [0.15, 0.2) is 0 Å². The maximum atomic E-state index is 5.85. The molecule has 0 saturated carbocycles. The fourth-order valence-electron chi connectivity index (χ4n) is 1.16. The van der Waals surface area contributed by atoms with Crippen LogP contribution in [0.2, 0.25) is 0 Å². The van der Waals surface area contributed by atoms with Crippen LogP contribution in [-0.4, -0.2) is 12.2 Å². The van der Waals surface area contributed by atoms with Gasteiger partial charge in [-0.2, -0.15) is 0 Å². The molecule has 0 N–H and O–H groups in total. The topological polar surface area (TPSA) is 9.23 Å². The first-order valence-electron chi connectivity index (χ1n) is 5.62. The molecule has 0 amide bonds. The van der Waals surface area contributed by atoms with Crippen molar-refractivity contribution in [1.82, 2.24) is 0 Å². The second-order valence-corrected chi connectivity index (χ2v) is 5.25. The van der Waals surface area contributed by atoms with E-state index in [1.54, 1.807) is 0 Å². The Balaban J connectivity index is 3.66. The SMILES string of the molecule is C=C(C)CCC(C)(C)OCCC(C)C. The minimum atomic E-state index is 0.00778. The average molecular weight is 198 g/mol. The van der Waals surface area contributed by atoms with E-state index in [-0.39, 0.29) is 5.60 Å². The van der Waals surface area contributed by atoms with Gasteiger partial charge < -0.3 is 4.74 Å². The average Bonchev–Trinajstić information content (AvgIpc) is 2.00. The van der Waals surface area contributed by atoms with Crippen LogP contribution in [0.1, 0.15) is 53.9 Å². The maximum absolute atomic E-state index is 5.85. The minimum Gasteiger partial charge on any atom is -0.376 e. The first-order chi connectivity index (χ1) is 6.33. The summed E-state index contributed by atoms with van der Waals surface area (Å²) in [5.41, 5.74) is 1.25. The monoisotopic (exact) mass is 198 g/mol. The van der Waals surface area contributed by atoms with Gasteiger partial charge in [-0.25, -0.2) is 0 Å². The molecule has 0 aromatic rings. The number of rotatable bonds is 7. The highest BCUT2D eigenvalue weighted by atomic mass is 16.5. The van der Waals surface area contributed by atoms with Crippen LogP contribution < -0.4 is 0 Å². The van der Waals surface area contributed by atoms with Crippen molar-refractivity contribution in [2.75, 3.05) is 6.61 Å². The molecule has 0 saturated heterocycles. The molecule has 0 aliphatic heterocycles. The Labute approximate surface area is 89.5 Å². The number of hydrogen-bond acceptors (Lipinski definition) is 1. The van der Waals surface area contributed by atoms with Gasteiger partial charge in [-0.1, -0.05) is 19.4 Å². The van der Waals surface area contributed by atoms with Crippen LogP contribution in [0.3, 0.4) is 0 Å². The van der Waals surface area contributed by atoms with Crippen molar-refractivity contribution < 1.29 is 4.74 Å². The van der Waals surface area contributed by atoms with Gasteiger partial charge in [-0.05, 0) is 46.0 Å². The Morgan fingerprint density at radius 3 is 2.36 bits per heavy atom. The van der Waals surface area contributed by atoms with Crippen molar-refractivity contribution in [3.05, 3.63) is 12.2 Å². The smallest absolute Gasteiger partial charge is 0.0629 e. The van der Waals surface area contributed by atoms with Gasteiger partial charge in [0.05, 0.1) is 5.60 Å². The zero-order chi connectivity index (χ0) is 11.2. The molecule has 0 unspecified atom stereocenters. The Hall–Kier alpha value is -0.300. The molecule has 0 rings (SSSR count). The van der Waals surface area contributed by atoms with Crippen LogP contribution in [0.15, 0.2) is 12.2 Å². The van der Waals surface area contributed by atoms with Gasteiger partial charge in [-0.15, -0.1) is 6.58 Å². The van der Waals surface area contributed by atoms with Gasteiger partial charge in [0.2, 0.25) is 0 Å². The first-order valence-corrected chi connectivity index (χ1v) is 5.62. The summed E-state index contributed by atoms with van der Waals surface area (Å²) >= 11 is 0. The quantitative estimate of drug-likeness (QED) is 0.557. The molecule has 0 radical (unpaired) electrons. The van der Waals surface area contributed by atoms with Gasteiger partial charge >= 0.3 is 0 Å². The Bertz CT molecular complexity index is 168. The van der Waals surface area contributed by atoms with Crippen molar-refractivity contribution in [2.24, 2.45) is 5.92 Å². The lowest BCUT2D eigenvalue weighted by Gasteiger charge is -2.26. The molecule has 0 aliphatic carbocycles. The Kier molecular flexibility index (Phi) is 6.10. The summed E-state index contributed by atoms with van der Waals surface area (Å²) in [7, 11) is 0. The van der Waals surface area contributed by atoms with Crippen molar-refractivity contribution in [3.8, 4) is 0 Å². The first kappa shape index (κ1) is 13.7. The molecular formula is C13H26O. The van der Waals surface area contributed by atoms with Crippen LogP contribution >= 0.6 is 0 Å². The van der Waals surface area contributed by atoms with Gasteiger partial charge in [0.1, 0.15) is 0 Å². The molecule has 0 aromatic carbocycles. The highest BCUT2D eigenvalue weighted by molar-refractivity contribution is 4.90. The lowest BCUT2D eigenvalue weighted by molar-refractivity contribution is -0.0274. The van der Waals surface area contributed by atoms with E-state index in [0.717, 1.165) is 31.8 Å². The minimum absolute atomic E-state index is 0.00778. The van der Waals surface area contributed by atoms with E-state index in [0.29, 0.717) is 0 Å². The predicted octanol–water partition coefficient (Wildman–Crippen LogP) is 4.18. The zero-order valence-electron chi connectivity index (χ0n) is 10.5. The van der Waals surface area contributed by atoms with E-state index in [2.05, 4.69) is 41.2 Å². The summed E-state index contributed by atoms with van der Waals surface area (Å²) in [6.07, 6.45) is 3.28. The van der Waals surface area contributed by atoms with Crippen LogP contribution in [0, 0.1) is 5.92 Å². The van der Waals surface area contributed by atoms with E-state index in [4.69, 9.17) is 4.74 Å². The van der Waals surface area contributed by atoms with Crippen LogP contribution in [-0.2, 0) is 4.74 Å². The van der Waals surface area contributed by atoms with Crippen LogP contribution in [0.4, 0.5) is 0 Å². The zero-order valence-corrected chi connectivity index (χ0v) is 10.5. The lowest BCUT2D eigenvalue weighted by atomic mass is 9.99. The summed E-state index contributed by atoms with van der Waals surface area (Å²) in [5.74, 6) is 0.729. The Morgan fingerprint density at radius 1 is 1.36 bits per heavy atom. The molecule has 1 heteroatoms. The molecule has 0 atom stereocenters. The van der Waals surface area contributed by atoms with Crippen molar-refractivity contribution >= 4 is 0 Å². The van der Waals surface area contributed by atoms with E-state index < -0.39 is 0 Å². The third kappa shape index (κ3) is 8.31. The lowest BCUT2D eigenvalue weighted by Crippen LogP contribution is -2.25. The summed E-state index contributed by atoms with van der Waals surface area (Å²) in [6.45, 7) is 15.6. The molecule has 0 fully saturated rings. The predicted molar refractivity (Wildman–Crippen MR) is 63.5 cm³/mol. The van der Waals surface area contributed by atoms with Crippen LogP contribution in [0.25, 0.3) is 0 Å². The largest absolute Gasteiger partial charge is 0.376 e. The molecule has 14 heavy (non-hydrogen) atoms. The molecule has 0 aromatic heterocycles. The molecule has 0 heterocycles. The van der Waals surface area contributed by atoms with E-state index in [9.17, 15) is 0 Å². The highest BCUT2D eigenvalue weighted by Gasteiger charge is 2.17. The summed E-state index contributed by atoms with van der Waals surface area (Å²) in [4.78, 5) is 0. The maximum Gasteiger partial charge on any atom is 0.0629 e. The number of ether oxygens (including phenoxy) is 1. The summed E-state index contributed by atoms with van der Waals surface area (Å²) < 4.78 is 5.85. The summed E-state index contributed by atoms with van der Waals surface area (Å²) in [5, 5.41) is 0. The van der Waals surface area contributed by atoms with Gasteiger partial charge in [0, 0.05) is 6.61 Å². The number of allylic oxidation sites excluding steroid dienone is 1. The summed E-state index contributed by atoms with van der Waals surface area (Å²) in [6, 6.07) is 0. The van der Waals surface area contributed by atoms with Gasteiger partial charge in [0.25, 0.3) is 0 Å². The fourth-order valence-corrected chi connectivity index (χ4v) is 1.16. The standard InChI is InChI=1S/C13H26O/c1-11(2)7-9-13(5,6)14-10-8-12(3)4/h12H,1,7-10H2,2-6H3. The van der Waals surface area contributed by atoms with E-state index >= 15 is 0 Å². The third-order valence-corrected chi connectivity index (χ3v) is 2.34. The van der Waals surface area contributed by atoms with E-state index in [1.165, 1.54) is 5.57 Å². The molecule has 84 valence electrons. The normalized spacial score (nSPS) is 12.1. The van der Waals surface area contributed by atoms with Crippen LogP contribution in [0.5, 0.6) is 0 Å². The fraction of sp³-hybridized carbons (Fsp3) is 0.846. The highest BCUT2D eigenvalue weighted by Crippen LogP contribution is 2.19. The second kappa shape index (κ2) is 6.23. The second-order valence-electron chi connectivity index (χ2n) is 5.25. The molecular weight excluding hydrogens is 172 g/mol. The van der Waals surface area contributed by atoms with Crippen molar-refractivity contribution in [2.45, 2.75) is 59.5 Å². The van der Waals surface area contributed by atoms with E-state index in [1.807, 2.05) is 0 Å². The molecule has 0 aliphatic rings. The van der Waals surface area contributed by atoms with Crippen molar-refractivity contribution in [3.63, 3.8) is 0 Å². The number of hydrogen-bond donors (Lipinski definition) is 0.